The van der Waals surface area contributed by atoms with Crippen LogP contribution in [0.4, 0.5) is 0 Å². The summed E-state index contributed by atoms with van der Waals surface area (Å²) in [6.45, 7) is 4.15. The lowest BCUT2D eigenvalue weighted by Gasteiger charge is -2.44. The monoisotopic (exact) mass is 382 g/mol. The van der Waals surface area contributed by atoms with E-state index in [4.69, 9.17) is 9.47 Å². The molecule has 1 aromatic carbocycles. The van der Waals surface area contributed by atoms with Crippen LogP contribution in [-0.2, 0) is 9.84 Å². The summed E-state index contributed by atoms with van der Waals surface area (Å²) in [6, 6.07) is 4.62. The standard InChI is InChI=1S/C18H26N2O5S/c1-4-5-19-6-7-20(17-12-26(22,23)11-16(17)19)18(21)13-8-14(24-2)10-15(9-13)25-3/h8-10,16-17H,4-7,11-12H2,1-3H3. The minimum Gasteiger partial charge on any atom is -0.497 e. The molecule has 3 rings (SSSR count). The van der Waals surface area contributed by atoms with Crippen LogP contribution >= 0.6 is 0 Å². The zero-order valence-electron chi connectivity index (χ0n) is 15.5. The Morgan fingerprint density at radius 2 is 1.69 bits per heavy atom. The molecular weight excluding hydrogens is 356 g/mol. The van der Waals surface area contributed by atoms with Crippen LogP contribution in [0.1, 0.15) is 23.7 Å². The van der Waals surface area contributed by atoms with Gasteiger partial charge in [0.25, 0.3) is 5.91 Å². The van der Waals surface area contributed by atoms with Crippen molar-refractivity contribution in [1.82, 2.24) is 9.80 Å². The molecule has 2 heterocycles. The van der Waals surface area contributed by atoms with E-state index < -0.39 is 9.84 Å². The second-order valence-electron chi connectivity index (χ2n) is 6.85. The Morgan fingerprint density at radius 3 is 2.27 bits per heavy atom. The van der Waals surface area contributed by atoms with Gasteiger partial charge in [-0.2, -0.15) is 0 Å². The van der Waals surface area contributed by atoms with Gasteiger partial charge in [-0.25, -0.2) is 8.42 Å². The fourth-order valence-electron chi connectivity index (χ4n) is 3.94. The lowest BCUT2D eigenvalue weighted by molar-refractivity contribution is 0.0332. The van der Waals surface area contributed by atoms with Gasteiger partial charge in [-0.15, -0.1) is 0 Å². The van der Waals surface area contributed by atoms with Crippen molar-refractivity contribution in [2.75, 3.05) is 45.4 Å². The van der Waals surface area contributed by atoms with Crippen molar-refractivity contribution in [3.63, 3.8) is 0 Å². The van der Waals surface area contributed by atoms with Gasteiger partial charge in [-0.3, -0.25) is 9.69 Å². The molecule has 0 aliphatic carbocycles. The lowest BCUT2D eigenvalue weighted by Crippen LogP contribution is -2.60. The van der Waals surface area contributed by atoms with Gasteiger partial charge in [0.05, 0.1) is 31.8 Å². The van der Waals surface area contributed by atoms with Gasteiger partial charge in [0, 0.05) is 30.8 Å². The average molecular weight is 382 g/mol. The Labute approximate surface area is 154 Å². The minimum absolute atomic E-state index is 0.0325. The molecule has 2 atom stereocenters. The molecule has 1 aromatic rings. The zero-order chi connectivity index (χ0) is 18.9. The molecule has 1 amide bonds. The first kappa shape index (κ1) is 19.0. The summed E-state index contributed by atoms with van der Waals surface area (Å²) in [7, 11) is -0.0716. The molecule has 0 aromatic heterocycles. The van der Waals surface area contributed by atoms with Crippen LogP contribution in [0.25, 0.3) is 0 Å². The number of sulfone groups is 1. The van der Waals surface area contributed by atoms with Crippen LogP contribution in [0.5, 0.6) is 11.5 Å². The molecule has 144 valence electrons. The highest BCUT2D eigenvalue weighted by Gasteiger charge is 2.47. The van der Waals surface area contributed by atoms with E-state index >= 15 is 0 Å². The molecule has 2 aliphatic heterocycles. The fourth-order valence-corrected chi connectivity index (χ4v) is 5.95. The van der Waals surface area contributed by atoms with Crippen molar-refractivity contribution >= 4 is 15.7 Å². The molecule has 0 N–H and O–H groups in total. The van der Waals surface area contributed by atoms with Crippen LogP contribution in [0.3, 0.4) is 0 Å². The van der Waals surface area contributed by atoms with Crippen LogP contribution in [0.2, 0.25) is 0 Å². The zero-order valence-corrected chi connectivity index (χ0v) is 16.3. The number of carbonyl (C=O) groups excluding carboxylic acids is 1. The van der Waals surface area contributed by atoms with Gasteiger partial charge in [0.15, 0.2) is 9.84 Å². The predicted octanol–water partition coefficient (Wildman–Crippen LogP) is 1.04. The minimum atomic E-state index is -3.14. The molecule has 2 saturated heterocycles. The molecule has 2 aliphatic rings. The second-order valence-corrected chi connectivity index (χ2v) is 9.00. The first-order valence-corrected chi connectivity index (χ1v) is 10.7. The quantitative estimate of drug-likeness (QED) is 0.757. The van der Waals surface area contributed by atoms with E-state index in [-0.39, 0.29) is 29.5 Å². The third kappa shape index (κ3) is 3.66. The summed E-state index contributed by atoms with van der Waals surface area (Å²) >= 11 is 0. The summed E-state index contributed by atoms with van der Waals surface area (Å²) in [5.41, 5.74) is 0.452. The van der Waals surface area contributed by atoms with Crippen molar-refractivity contribution in [3.05, 3.63) is 23.8 Å². The van der Waals surface area contributed by atoms with Crippen LogP contribution < -0.4 is 9.47 Å². The molecular formula is C18H26N2O5S. The summed E-state index contributed by atoms with van der Waals surface area (Å²) in [6.07, 6.45) is 0.963. The highest BCUT2D eigenvalue weighted by molar-refractivity contribution is 7.91. The Hall–Kier alpha value is -1.80. The van der Waals surface area contributed by atoms with E-state index in [1.165, 1.54) is 14.2 Å². The van der Waals surface area contributed by atoms with Crippen LogP contribution in [0.15, 0.2) is 18.2 Å². The highest BCUT2D eigenvalue weighted by atomic mass is 32.2. The number of hydrogen-bond acceptors (Lipinski definition) is 6. The third-order valence-electron chi connectivity index (χ3n) is 5.16. The van der Waals surface area contributed by atoms with Gasteiger partial charge in [0.1, 0.15) is 11.5 Å². The first-order valence-electron chi connectivity index (χ1n) is 8.87. The maximum Gasteiger partial charge on any atom is 0.254 e. The topological polar surface area (TPSA) is 76.2 Å². The normalized spacial score (nSPS) is 25.0. The smallest absolute Gasteiger partial charge is 0.254 e. The molecule has 0 saturated carbocycles. The molecule has 0 spiro atoms. The average Bonchev–Trinajstić information content (AvgIpc) is 2.96. The van der Waals surface area contributed by atoms with Crippen molar-refractivity contribution in [1.29, 1.82) is 0 Å². The number of hydrogen-bond donors (Lipinski definition) is 0. The summed E-state index contributed by atoms with van der Waals surface area (Å²) in [4.78, 5) is 17.1. The molecule has 7 nitrogen and oxygen atoms in total. The third-order valence-corrected chi connectivity index (χ3v) is 6.86. The maximum atomic E-state index is 13.2. The Bertz CT molecular complexity index is 758. The summed E-state index contributed by atoms with van der Waals surface area (Å²) < 4.78 is 35.0. The SMILES string of the molecule is CCCN1CCN(C(=O)c2cc(OC)cc(OC)c2)C2CS(=O)(=O)CC21. The number of carbonyl (C=O) groups is 1. The van der Waals surface area contributed by atoms with E-state index in [0.717, 1.165) is 13.0 Å². The van der Waals surface area contributed by atoms with E-state index in [0.29, 0.717) is 30.2 Å². The van der Waals surface area contributed by atoms with Gasteiger partial charge in [0.2, 0.25) is 0 Å². The van der Waals surface area contributed by atoms with Gasteiger partial charge in [-0.1, -0.05) is 6.92 Å². The number of benzene rings is 1. The highest BCUT2D eigenvalue weighted by Crippen LogP contribution is 2.30. The van der Waals surface area contributed by atoms with Gasteiger partial charge < -0.3 is 14.4 Å². The van der Waals surface area contributed by atoms with Crippen molar-refractivity contribution in [3.8, 4) is 11.5 Å². The van der Waals surface area contributed by atoms with Crippen LogP contribution in [-0.4, -0.2) is 81.6 Å². The molecule has 26 heavy (non-hydrogen) atoms. The predicted molar refractivity (Wildman–Crippen MR) is 98.7 cm³/mol. The first-order chi connectivity index (χ1) is 12.4. The number of fused-ring (bicyclic) bond motifs is 1. The number of nitrogens with zero attached hydrogens (tertiary/aromatic N) is 2. The number of amides is 1. The van der Waals surface area contributed by atoms with E-state index in [1.54, 1.807) is 23.1 Å². The molecule has 2 unspecified atom stereocenters. The van der Waals surface area contributed by atoms with Crippen molar-refractivity contribution < 1.29 is 22.7 Å². The van der Waals surface area contributed by atoms with Crippen molar-refractivity contribution in [2.24, 2.45) is 0 Å². The number of ether oxygens (including phenoxy) is 2. The molecule has 0 bridgehead atoms. The number of piperazine rings is 1. The van der Waals surface area contributed by atoms with E-state index in [9.17, 15) is 13.2 Å². The Kier molecular flexibility index (Phi) is 5.43. The fraction of sp³-hybridized carbons (Fsp3) is 0.611. The lowest BCUT2D eigenvalue weighted by atomic mass is 10.0. The Balaban J connectivity index is 1.90. The van der Waals surface area contributed by atoms with Crippen molar-refractivity contribution in [2.45, 2.75) is 25.4 Å². The van der Waals surface area contributed by atoms with E-state index in [1.807, 2.05) is 0 Å². The number of methoxy groups -OCH3 is 2. The second kappa shape index (κ2) is 7.44. The van der Waals surface area contributed by atoms with Gasteiger partial charge >= 0.3 is 0 Å². The van der Waals surface area contributed by atoms with E-state index in [2.05, 4.69) is 11.8 Å². The molecule has 0 radical (unpaired) electrons. The summed E-state index contributed by atoms with van der Waals surface area (Å²) in [5.74, 6) is 1.06. The molecule has 8 heteroatoms. The largest absolute Gasteiger partial charge is 0.497 e. The number of rotatable bonds is 5. The maximum absolute atomic E-state index is 13.2. The van der Waals surface area contributed by atoms with Gasteiger partial charge in [-0.05, 0) is 25.1 Å². The summed E-state index contributed by atoms with van der Waals surface area (Å²) in [5, 5.41) is 0. The van der Waals surface area contributed by atoms with Crippen LogP contribution in [0, 0.1) is 0 Å². The molecule has 2 fully saturated rings. The Morgan fingerprint density at radius 1 is 1.08 bits per heavy atom.